The second-order valence-corrected chi connectivity index (χ2v) is 5.77. The van der Waals surface area contributed by atoms with Crippen LogP contribution in [0.25, 0.3) is 0 Å². The van der Waals surface area contributed by atoms with Crippen LogP contribution in [0.2, 0.25) is 0 Å². The molecule has 0 spiro atoms. The Morgan fingerprint density at radius 1 is 1.38 bits per heavy atom. The third-order valence-electron chi connectivity index (χ3n) is 2.59. The Bertz CT molecular complexity index is 710. The Labute approximate surface area is 139 Å². The van der Waals surface area contributed by atoms with E-state index in [9.17, 15) is 19.7 Å². The zero-order chi connectivity index (χ0) is 18.3. The molecule has 2 N–H and O–H groups in total. The first kappa shape index (κ1) is 19.0. The lowest BCUT2D eigenvalue weighted by molar-refractivity contribution is -0.384. The van der Waals surface area contributed by atoms with E-state index >= 15 is 0 Å². The Hall–Kier alpha value is -3.08. The highest BCUT2D eigenvalue weighted by Gasteiger charge is 2.16. The maximum absolute atomic E-state index is 11.4. The summed E-state index contributed by atoms with van der Waals surface area (Å²) in [6.07, 6.45) is -0.291. The molecule has 0 aliphatic carbocycles. The molecule has 1 amide bonds. The maximum atomic E-state index is 11.4. The highest BCUT2D eigenvalue weighted by molar-refractivity contribution is 5.91. The predicted octanol–water partition coefficient (Wildman–Crippen LogP) is 2.56. The van der Waals surface area contributed by atoms with Crippen molar-refractivity contribution in [1.29, 1.82) is 0 Å². The molecule has 0 atom stereocenters. The molecule has 8 heteroatoms. The van der Waals surface area contributed by atoms with Crippen LogP contribution < -0.4 is 5.32 Å². The van der Waals surface area contributed by atoms with Gasteiger partial charge in [0.1, 0.15) is 5.60 Å². The van der Waals surface area contributed by atoms with E-state index in [1.165, 1.54) is 12.1 Å². The fourth-order valence-corrected chi connectivity index (χ4v) is 1.63. The van der Waals surface area contributed by atoms with Gasteiger partial charge in [0, 0.05) is 30.7 Å². The number of rotatable bonds is 4. The Kier molecular flexibility index (Phi) is 6.30. The van der Waals surface area contributed by atoms with E-state index in [0.717, 1.165) is 6.07 Å². The SMILES string of the molecule is CC(C)(C)OC(=O)NCCC#Cc1ccc([N+](=O)[O-])cc1C(=O)O. The number of alkyl carbamates (subject to hydrolysis) is 1. The number of nitro benzene ring substituents is 1. The van der Waals surface area contributed by atoms with Gasteiger partial charge in [0.15, 0.2) is 0 Å². The molecule has 0 aliphatic heterocycles. The Morgan fingerprint density at radius 3 is 2.58 bits per heavy atom. The lowest BCUT2D eigenvalue weighted by Gasteiger charge is -2.19. The quantitative estimate of drug-likeness (QED) is 0.378. The van der Waals surface area contributed by atoms with E-state index in [1.807, 2.05) is 0 Å². The molecule has 1 rings (SSSR count). The van der Waals surface area contributed by atoms with Gasteiger partial charge in [-0.25, -0.2) is 9.59 Å². The summed E-state index contributed by atoms with van der Waals surface area (Å²) >= 11 is 0. The number of carbonyl (C=O) groups is 2. The van der Waals surface area contributed by atoms with Crippen LogP contribution >= 0.6 is 0 Å². The molecule has 1 aromatic rings. The molecule has 0 aliphatic rings. The molecule has 0 saturated carbocycles. The molecule has 8 nitrogen and oxygen atoms in total. The van der Waals surface area contributed by atoms with E-state index in [1.54, 1.807) is 20.8 Å². The Balaban J connectivity index is 2.68. The molecule has 0 bridgehead atoms. The normalized spacial score (nSPS) is 10.3. The minimum absolute atomic E-state index is 0.172. The van der Waals surface area contributed by atoms with Crippen LogP contribution in [0.4, 0.5) is 10.5 Å². The van der Waals surface area contributed by atoms with Gasteiger partial charge in [-0.15, -0.1) is 0 Å². The number of carboxylic acids is 1. The van der Waals surface area contributed by atoms with Crippen molar-refractivity contribution >= 4 is 17.7 Å². The zero-order valence-corrected chi connectivity index (χ0v) is 13.6. The van der Waals surface area contributed by atoms with E-state index in [4.69, 9.17) is 9.84 Å². The second-order valence-electron chi connectivity index (χ2n) is 5.77. The van der Waals surface area contributed by atoms with Gasteiger partial charge in [-0.2, -0.15) is 0 Å². The van der Waals surface area contributed by atoms with Crippen molar-refractivity contribution in [3.05, 3.63) is 39.4 Å². The summed E-state index contributed by atoms with van der Waals surface area (Å²) < 4.78 is 5.05. The van der Waals surface area contributed by atoms with Gasteiger partial charge in [0.05, 0.1) is 10.5 Å². The number of nitrogens with one attached hydrogen (secondary N) is 1. The Morgan fingerprint density at radius 2 is 2.04 bits per heavy atom. The highest BCUT2D eigenvalue weighted by Crippen LogP contribution is 2.17. The molecule has 0 radical (unpaired) electrons. The first-order valence-corrected chi connectivity index (χ1v) is 7.07. The molecule has 128 valence electrons. The van der Waals surface area contributed by atoms with Crippen molar-refractivity contribution in [3.8, 4) is 11.8 Å². The molecular formula is C16H18N2O6. The number of amides is 1. The number of aromatic carboxylic acids is 1. The van der Waals surface area contributed by atoms with E-state index in [2.05, 4.69) is 17.2 Å². The molecule has 0 unspecified atom stereocenters. The van der Waals surface area contributed by atoms with Crippen molar-refractivity contribution in [2.24, 2.45) is 0 Å². The summed E-state index contributed by atoms with van der Waals surface area (Å²) in [6.45, 7) is 5.47. The van der Waals surface area contributed by atoms with Crippen LogP contribution in [0.3, 0.4) is 0 Å². The van der Waals surface area contributed by atoms with Gasteiger partial charge in [-0.05, 0) is 26.8 Å². The number of carbonyl (C=O) groups excluding carboxylic acids is 1. The topological polar surface area (TPSA) is 119 Å². The van der Waals surface area contributed by atoms with E-state index < -0.39 is 22.6 Å². The molecule has 0 aromatic heterocycles. The average Bonchev–Trinajstić information content (AvgIpc) is 2.44. The van der Waals surface area contributed by atoms with E-state index in [0.29, 0.717) is 0 Å². The predicted molar refractivity (Wildman–Crippen MR) is 85.8 cm³/mol. The number of nitrogens with zero attached hydrogens (tertiary/aromatic N) is 1. The molecule has 1 aromatic carbocycles. The number of benzene rings is 1. The third-order valence-corrected chi connectivity index (χ3v) is 2.59. The first-order valence-electron chi connectivity index (χ1n) is 7.07. The van der Waals surface area contributed by atoms with Crippen LogP contribution in [0.5, 0.6) is 0 Å². The van der Waals surface area contributed by atoms with Crippen LogP contribution in [-0.4, -0.2) is 34.2 Å². The van der Waals surface area contributed by atoms with Gasteiger partial charge < -0.3 is 15.2 Å². The van der Waals surface area contributed by atoms with Crippen molar-refractivity contribution in [1.82, 2.24) is 5.32 Å². The lowest BCUT2D eigenvalue weighted by Crippen LogP contribution is -2.32. The maximum Gasteiger partial charge on any atom is 0.407 e. The summed E-state index contributed by atoms with van der Waals surface area (Å²) in [4.78, 5) is 32.6. The minimum atomic E-state index is -1.30. The molecule has 24 heavy (non-hydrogen) atoms. The van der Waals surface area contributed by atoms with Crippen molar-refractivity contribution in [3.63, 3.8) is 0 Å². The summed E-state index contributed by atoms with van der Waals surface area (Å²) in [5, 5.41) is 22.3. The largest absolute Gasteiger partial charge is 0.478 e. The summed E-state index contributed by atoms with van der Waals surface area (Å²) in [7, 11) is 0. The lowest BCUT2D eigenvalue weighted by atomic mass is 10.1. The summed E-state index contributed by atoms with van der Waals surface area (Å²) in [6, 6.07) is 3.44. The van der Waals surface area contributed by atoms with Gasteiger partial charge >= 0.3 is 12.1 Å². The van der Waals surface area contributed by atoms with Crippen LogP contribution in [-0.2, 0) is 4.74 Å². The zero-order valence-electron chi connectivity index (χ0n) is 13.6. The molecule has 0 saturated heterocycles. The van der Waals surface area contributed by atoms with Crippen molar-refractivity contribution < 1.29 is 24.4 Å². The van der Waals surface area contributed by atoms with Gasteiger partial charge in [0.2, 0.25) is 0 Å². The smallest absolute Gasteiger partial charge is 0.407 e. The summed E-state index contributed by atoms with van der Waals surface area (Å²) in [5.41, 5.74) is -0.975. The number of ether oxygens (including phenoxy) is 1. The standard InChI is InChI=1S/C16H18N2O6/c1-16(2,3)24-15(21)17-9-5-4-6-11-7-8-12(18(22)23)10-13(11)14(19)20/h7-8,10H,5,9H2,1-3H3,(H,17,21)(H,19,20). The van der Waals surface area contributed by atoms with Crippen molar-refractivity contribution in [2.45, 2.75) is 32.8 Å². The monoisotopic (exact) mass is 334 g/mol. The average molecular weight is 334 g/mol. The number of hydrogen-bond acceptors (Lipinski definition) is 5. The number of carboxylic acid groups (broad SMARTS) is 1. The number of hydrogen-bond donors (Lipinski definition) is 2. The fourth-order valence-electron chi connectivity index (χ4n) is 1.63. The van der Waals surface area contributed by atoms with Crippen LogP contribution in [0, 0.1) is 22.0 Å². The third kappa shape index (κ3) is 6.36. The number of non-ortho nitro benzene ring substituents is 1. The number of nitro groups is 1. The van der Waals surface area contributed by atoms with Gasteiger partial charge in [-0.1, -0.05) is 11.8 Å². The molecule has 0 fully saturated rings. The van der Waals surface area contributed by atoms with Crippen LogP contribution in [0.1, 0.15) is 43.1 Å². The molecule has 0 heterocycles. The van der Waals surface area contributed by atoms with E-state index in [-0.39, 0.29) is 29.8 Å². The highest BCUT2D eigenvalue weighted by atomic mass is 16.6. The van der Waals surface area contributed by atoms with Gasteiger partial charge in [0.25, 0.3) is 5.69 Å². The van der Waals surface area contributed by atoms with Crippen molar-refractivity contribution in [2.75, 3.05) is 6.54 Å². The first-order chi connectivity index (χ1) is 11.1. The summed E-state index contributed by atoms with van der Waals surface area (Å²) in [5.74, 6) is 4.05. The second kappa shape index (κ2) is 7.97. The van der Waals surface area contributed by atoms with Gasteiger partial charge in [-0.3, -0.25) is 10.1 Å². The fraction of sp³-hybridized carbons (Fsp3) is 0.375. The van der Waals surface area contributed by atoms with Crippen LogP contribution in [0.15, 0.2) is 18.2 Å². The molecular weight excluding hydrogens is 316 g/mol. The minimum Gasteiger partial charge on any atom is -0.478 e.